The Bertz CT molecular complexity index is 65.3. The zero-order valence-corrected chi connectivity index (χ0v) is 4.01. The van der Waals surface area contributed by atoms with Gasteiger partial charge in [0, 0.05) is 23.3 Å². The SMILES string of the molecule is [Fe].c1c[nH]nn1. The van der Waals surface area contributed by atoms with Gasteiger partial charge in [0.15, 0.2) is 0 Å². The fraction of sp³-hybridized carbons (Fsp3) is 0. The molecular formula is C2H3FeN3. The zero-order chi connectivity index (χ0) is 3.54. The van der Waals surface area contributed by atoms with E-state index in [1.165, 1.54) is 0 Å². The molecule has 0 spiro atoms. The molecule has 0 bridgehead atoms. The third-order valence-electron chi connectivity index (χ3n) is 0.331. The van der Waals surface area contributed by atoms with Gasteiger partial charge in [0.05, 0.1) is 6.20 Å². The van der Waals surface area contributed by atoms with E-state index in [0.29, 0.717) is 0 Å². The third kappa shape index (κ3) is 1.19. The molecule has 0 aliphatic heterocycles. The minimum atomic E-state index is 0. The van der Waals surface area contributed by atoms with Crippen LogP contribution in [0.15, 0.2) is 12.4 Å². The van der Waals surface area contributed by atoms with E-state index in [1.54, 1.807) is 12.4 Å². The number of nitrogens with zero attached hydrogens (tertiary/aromatic N) is 2. The molecule has 0 aliphatic rings. The van der Waals surface area contributed by atoms with Crippen LogP contribution in [0.4, 0.5) is 0 Å². The van der Waals surface area contributed by atoms with Crippen LogP contribution < -0.4 is 0 Å². The average molecular weight is 125 g/mol. The van der Waals surface area contributed by atoms with Crippen molar-refractivity contribution in [3.05, 3.63) is 12.4 Å². The fourth-order valence-electron chi connectivity index (χ4n) is 0.167. The number of aromatic amines is 1. The van der Waals surface area contributed by atoms with Gasteiger partial charge in [0.25, 0.3) is 0 Å². The topological polar surface area (TPSA) is 41.6 Å². The van der Waals surface area contributed by atoms with Gasteiger partial charge in [-0.2, -0.15) is 0 Å². The summed E-state index contributed by atoms with van der Waals surface area (Å²) < 4.78 is 0. The van der Waals surface area contributed by atoms with Gasteiger partial charge in [-0.3, -0.25) is 5.10 Å². The molecule has 0 unspecified atom stereocenters. The molecule has 1 N–H and O–H groups in total. The second-order valence-electron chi connectivity index (χ2n) is 0.660. The zero-order valence-electron chi connectivity index (χ0n) is 2.90. The molecule has 3 nitrogen and oxygen atoms in total. The first kappa shape index (κ1) is 5.66. The van der Waals surface area contributed by atoms with Gasteiger partial charge in [-0.1, -0.05) is 5.21 Å². The van der Waals surface area contributed by atoms with E-state index in [9.17, 15) is 0 Å². The van der Waals surface area contributed by atoms with Crippen molar-refractivity contribution in [3.63, 3.8) is 0 Å². The summed E-state index contributed by atoms with van der Waals surface area (Å²) in [7, 11) is 0. The van der Waals surface area contributed by atoms with Gasteiger partial charge in [-0.05, 0) is 0 Å². The summed E-state index contributed by atoms with van der Waals surface area (Å²) in [5.74, 6) is 0. The van der Waals surface area contributed by atoms with Gasteiger partial charge in [0.2, 0.25) is 0 Å². The van der Waals surface area contributed by atoms with Crippen LogP contribution in [-0.2, 0) is 17.1 Å². The molecule has 34 valence electrons. The van der Waals surface area contributed by atoms with Crippen LogP contribution in [-0.4, -0.2) is 15.4 Å². The minimum absolute atomic E-state index is 0. The predicted molar refractivity (Wildman–Crippen MR) is 16.4 cm³/mol. The number of aromatic nitrogens is 3. The maximum Gasteiger partial charge on any atom is 0.0690 e. The summed E-state index contributed by atoms with van der Waals surface area (Å²) >= 11 is 0. The molecule has 0 aliphatic carbocycles. The van der Waals surface area contributed by atoms with E-state index in [0.717, 1.165) is 0 Å². The molecule has 0 saturated carbocycles. The van der Waals surface area contributed by atoms with Crippen molar-refractivity contribution in [2.45, 2.75) is 0 Å². The molecule has 4 heteroatoms. The molecule has 0 saturated heterocycles. The fourth-order valence-corrected chi connectivity index (χ4v) is 0.167. The largest absolute Gasteiger partial charge is 0.266 e. The summed E-state index contributed by atoms with van der Waals surface area (Å²) in [5.41, 5.74) is 0. The Hall–Kier alpha value is -0.341. The van der Waals surface area contributed by atoms with Crippen LogP contribution in [0.2, 0.25) is 0 Å². The van der Waals surface area contributed by atoms with Crippen molar-refractivity contribution >= 4 is 0 Å². The van der Waals surface area contributed by atoms with Crippen molar-refractivity contribution < 1.29 is 17.1 Å². The normalized spacial score (nSPS) is 6.67. The molecule has 6 heavy (non-hydrogen) atoms. The maximum atomic E-state index is 3.42. The second kappa shape index (κ2) is 2.87. The maximum absolute atomic E-state index is 3.42. The van der Waals surface area contributed by atoms with Crippen LogP contribution in [0.3, 0.4) is 0 Å². The van der Waals surface area contributed by atoms with E-state index >= 15 is 0 Å². The van der Waals surface area contributed by atoms with Gasteiger partial charge in [-0.15, -0.1) is 5.10 Å². The van der Waals surface area contributed by atoms with Gasteiger partial charge < -0.3 is 0 Å². The number of hydrogen-bond donors (Lipinski definition) is 1. The molecule has 1 heterocycles. The summed E-state index contributed by atoms with van der Waals surface area (Å²) in [4.78, 5) is 0. The molecule has 1 rings (SSSR count). The Labute approximate surface area is 45.6 Å². The second-order valence-corrected chi connectivity index (χ2v) is 0.660. The Morgan fingerprint density at radius 1 is 1.50 bits per heavy atom. The van der Waals surface area contributed by atoms with Crippen LogP contribution in [0.5, 0.6) is 0 Å². The van der Waals surface area contributed by atoms with Gasteiger partial charge in [-0.25, -0.2) is 0 Å². The van der Waals surface area contributed by atoms with Crippen LogP contribution in [0.1, 0.15) is 0 Å². The third-order valence-corrected chi connectivity index (χ3v) is 0.331. The van der Waals surface area contributed by atoms with Gasteiger partial charge in [0.1, 0.15) is 0 Å². The summed E-state index contributed by atoms with van der Waals surface area (Å²) in [6.45, 7) is 0. The van der Waals surface area contributed by atoms with Crippen LogP contribution in [0.25, 0.3) is 0 Å². The number of nitrogens with one attached hydrogen (secondary N) is 1. The molecular weight excluding hydrogens is 122 g/mol. The monoisotopic (exact) mass is 125 g/mol. The Balaban J connectivity index is 0.000000250. The van der Waals surface area contributed by atoms with Crippen molar-refractivity contribution in [1.82, 2.24) is 15.4 Å². The summed E-state index contributed by atoms with van der Waals surface area (Å²) in [5, 5.41) is 9.26. The van der Waals surface area contributed by atoms with E-state index in [-0.39, 0.29) is 17.1 Å². The van der Waals surface area contributed by atoms with E-state index in [1.807, 2.05) is 0 Å². The van der Waals surface area contributed by atoms with Crippen molar-refractivity contribution in [3.8, 4) is 0 Å². The Kier molecular flexibility index (Phi) is 2.71. The van der Waals surface area contributed by atoms with Crippen molar-refractivity contribution in [2.75, 3.05) is 0 Å². The van der Waals surface area contributed by atoms with E-state index in [4.69, 9.17) is 0 Å². The molecule has 0 amide bonds. The number of hydrogen-bond acceptors (Lipinski definition) is 2. The number of rotatable bonds is 0. The molecule has 0 fully saturated rings. The predicted octanol–water partition coefficient (Wildman–Crippen LogP) is -0.198. The average Bonchev–Trinajstić information content (AvgIpc) is 1.76. The first-order valence-electron chi connectivity index (χ1n) is 1.30. The minimum Gasteiger partial charge on any atom is -0.266 e. The molecule has 1 aromatic heterocycles. The van der Waals surface area contributed by atoms with E-state index < -0.39 is 0 Å². The first-order valence-corrected chi connectivity index (χ1v) is 1.30. The van der Waals surface area contributed by atoms with Crippen molar-refractivity contribution in [1.29, 1.82) is 0 Å². The van der Waals surface area contributed by atoms with Crippen LogP contribution >= 0.6 is 0 Å². The standard InChI is InChI=1S/C2H3N3.Fe/c1-2-4-5-3-1;/h1-2H,(H,3,4,5);. The first-order chi connectivity index (χ1) is 2.50. The van der Waals surface area contributed by atoms with Gasteiger partial charge >= 0.3 is 0 Å². The molecule has 0 aromatic carbocycles. The number of H-pyrrole nitrogens is 1. The Morgan fingerprint density at radius 3 is 2.50 bits per heavy atom. The van der Waals surface area contributed by atoms with Crippen LogP contribution in [0, 0.1) is 0 Å². The van der Waals surface area contributed by atoms with E-state index in [2.05, 4.69) is 15.4 Å². The molecule has 0 radical (unpaired) electrons. The summed E-state index contributed by atoms with van der Waals surface area (Å²) in [6.07, 6.45) is 3.24. The quantitative estimate of drug-likeness (QED) is 0.488. The van der Waals surface area contributed by atoms with Crippen molar-refractivity contribution in [2.24, 2.45) is 0 Å². The smallest absolute Gasteiger partial charge is 0.0690 e. The Morgan fingerprint density at radius 2 is 2.33 bits per heavy atom. The molecule has 1 aromatic rings. The molecule has 0 atom stereocenters. The summed E-state index contributed by atoms with van der Waals surface area (Å²) in [6, 6.07) is 0.